The van der Waals surface area contributed by atoms with E-state index in [1.807, 2.05) is 0 Å². The molecule has 0 amide bonds. The molecule has 8 heavy (non-hydrogen) atoms. The molecule has 0 saturated heterocycles. The van der Waals surface area contributed by atoms with Crippen LogP contribution in [0.4, 0.5) is 0 Å². The predicted octanol–water partition coefficient (Wildman–Crippen LogP) is 2.36. The van der Waals surface area contributed by atoms with Crippen molar-refractivity contribution in [2.24, 2.45) is 11.3 Å². The highest BCUT2D eigenvalue weighted by Gasteiger charge is 2.54. The summed E-state index contributed by atoms with van der Waals surface area (Å²) in [5, 5.41) is 0. The second kappa shape index (κ2) is 1.18. The Balaban J connectivity index is 2.18. The molecule has 0 heterocycles. The molecule has 0 N–H and O–H groups in total. The van der Waals surface area contributed by atoms with Crippen molar-refractivity contribution >= 4 is 0 Å². The van der Waals surface area contributed by atoms with Crippen molar-refractivity contribution in [1.29, 1.82) is 0 Å². The predicted molar refractivity (Wildman–Crippen MR) is 34.6 cm³/mol. The largest absolute Gasteiger partial charge is 0.103 e. The van der Waals surface area contributed by atoms with Crippen LogP contribution in [0.15, 0.2) is 12.7 Å². The molecule has 2 aliphatic rings. The summed E-state index contributed by atoms with van der Waals surface area (Å²) >= 11 is 0. The van der Waals surface area contributed by atoms with Crippen molar-refractivity contribution in [1.82, 2.24) is 0 Å². The molecule has 2 unspecified atom stereocenters. The lowest BCUT2D eigenvalue weighted by Crippen LogP contribution is -1.89. The van der Waals surface area contributed by atoms with Crippen LogP contribution in [-0.4, -0.2) is 0 Å². The highest BCUT2D eigenvalue weighted by atomic mass is 14.6. The Morgan fingerprint density at radius 1 is 1.62 bits per heavy atom. The lowest BCUT2D eigenvalue weighted by molar-refractivity contribution is 0.621. The van der Waals surface area contributed by atoms with Gasteiger partial charge in [0.2, 0.25) is 0 Å². The Kier molecular flexibility index (Phi) is 0.677. The molecule has 0 spiro atoms. The number of hydrogen-bond acceptors (Lipinski definition) is 0. The smallest absolute Gasteiger partial charge is 0.00894 e. The third kappa shape index (κ3) is 0.367. The molecule has 2 atom stereocenters. The zero-order chi connectivity index (χ0) is 5.61. The van der Waals surface area contributed by atoms with Crippen molar-refractivity contribution in [2.75, 3.05) is 0 Å². The van der Waals surface area contributed by atoms with Crippen LogP contribution in [-0.2, 0) is 0 Å². The molecule has 2 rings (SSSR count). The Morgan fingerprint density at radius 3 is 2.75 bits per heavy atom. The van der Waals surface area contributed by atoms with Crippen LogP contribution in [0.25, 0.3) is 0 Å². The average molecular weight is 108 g/mol. The van der Waals surface area contributed by atoms with Gasteiger partial charge in [0, 0.05) is 0 Å². The standard InChI is InChI=1S/C8H12/c1-2-8-5-3-4-7(8)6-8/h2,7H,1,3-6H2. The van der Waals surface area contributed by atoms with Gasteiger partial charge in [0.25, 0.3) is 0 Å². The van der Waals surface area contributed by atoms with Gasteiger partial charge in [-0.2, -0.15) is 0 Å². The Morgan fingerprint density at radius 2 is 2.50 bits per heavy atom. The number of fused-ring (bicyclic) bond motifs is 1. The molecule has 2 fully saturated rings. The third-order valence-electron chi connectivity index (χ3n) is 2.88. The molecule has 0 radical (unpaired) electrons. The first-order chi connectivity index (χ1) is 3.87. The second-order valence-corrected chi connectivity index (χ2v) is 3.23. The van der Waals surface area contributed by atoms with E-state index in [-0.39, 0.29) is 0 Å². The van der Waals surface area contributed by atoms with Crippen LogP contribution < -0.4 is 0 Å². The summed E-state index contributed by atoms with van der Waals surface area (Å²) in [7, 11) is 0. The van der Waals surface area contributed by atoms with E-state index in [2.05, 4.69) is 12.7 Å². The number of allylic oxidation sites excluding steroid dienone is 1. The fourth-order valence-corrected chi connectivity index (χ4v) is 2.13. The molecular weight excluding hydrogens is 96.1 g/mol. The van der Waals surface area contributed by atoms with Crippen molar-refractivity contribution in [3.63, 3.8) is 0 Å². The molecule has 0 nitrogen and oxygen atoms in total. The molecule has 2 aliphatic carbocycles. The zero-order valence-corrected chi connectivity index (χ0v) is 5.19. The zero-order valence-electron chi connectivity index (χ0n) is 5.19. The first-order valence-electron chi connectivity index (χ1n) is 3.51. The monoisotopic (exact) mass is 108 g/mol. The summed E-state index contributed by atoms with van der Waals surface area (Å²) in [4.78, 5) is 0. The topological polar surface area (TPSA) is 0 Å². The van der Waals surface area contributed by atoms with Crippen molar-refractivity contribution < 1.29 is 0 Å². The molecule has 0 aromatic rings. The summed E-state index contributed by atoms with van der Waals surface area (Å²) in [6, 6.07) is 0. The van der Waals surface area contributed by atoms with Gasteiger partial charge in [0.05, 0.1) is 0 Å². The van der Waals surface area contributed by atoms with Gasteiger partial charge in [-0.05, 0) is 30.6 Å². The SMILES string of the molecule is C=CC12CCCC1C2. The maximum atomic E-state index is 3.86. The fourth-order valence-electron chi connectivity index (χ4n) is 2.13. The number of rotatable bonds is 1. The second-order valence-electron chi connectivity index (χ2n) is 3.23. The minimum Gasteiger partial charge on any atom is -0.103 e. The average Bonchev–Trinajstić information content (AvgIpc) is 2.38. The summed E-state index contributed by atoms with van der Waals surface area (Å²) < 4.78 is 0. The highest BCUT2D eigenvalue weighted by Crippen LogP contribution is 2.64. The van der Waals surface area contributed by atoms with Gasteiger partial charge >= 0.3 is 0 Å². The van der Waals surface area contributed by atoms with Crippen LogP contribution in [0.3, 0.4) is 0 Å². The van der Waals surface area contributed by atoms with Crippen molar-refractivity contribution in [3.8, 4) is 0 Å². The van der Waals surface area contributed by atoms with Crippen LogP contribution in [0.1, 0.15) is 25.7 Å². The molecular formula is C8H12. The third-order valence-corrected chi connectivity index (χ3v) is 2.88. The van der Waals surface area contributed by atoms with E-state index in [4.69, 9.17) is 0 Å². The van der Waals surface area contributed by atoms with E-state index in [1.54, 1.807) is 0 Å². The van der Waals surface area contributed by atoms with Crippen LogP contribution in [0, 0.1) is 11.3 Å². The van der Waals surface area contributed by atoms with Crippen molar-refractivity contribution in [2.45, 2.75) is 25.7 Å². The van der Waals surface area contributed by atoms with E-state index in [9.17, 15) is 0 Å². The number of hydrogen-bond donors (Lipinski definition) is 0. The Labute approximate surface area is 50.6 Å². The minimum absolute atomic E-state index is 0.667. The maximum Gasteiger partial charge on any atom is -0.00894 e. The first kappa shape index (κ1) is 4.60. The van der Waals surface area contributed by atoms with Crippen molar-refractivity contribution in [3.05, 3.63) is 12.7 Å². The Bertz CT molecular complexity index is 126. The molecule has 0 bridgehead atoms. The van der Waals surface area contributed by atoms with Gasteiger partial charge in [-0.3, -0.25) is 0 Å². The van der Waals surface area contributed by atoms with E-state index in [1.165, 1.54) is 25.7 Å². The summed E-state index contributed by atoms with van der Waals surface area (Å²) in [6.07, 6.45) is 8.00. The summed E-state index contributed by atoms with van der Waals surface area (Å²) in [5.41, 5.74) is 0.667. The molecule has 0 aliphatic heterocycles. The lowest BCUT2D eigenvalue weighted by atomic mass is 10.1. The van der Waals surface area contributed by atoms with E-state index >= 15 is 0 Å². The first-order valence-corrected chi connectivity index (χ1v) is 3.51. The van der Waals surface area contributed by atoms with Crippen LogP contribution in [0.5, 0.6) is 0 Å². The minimum atomic E-state index is 0.667. The summed E-state index contributed by atoms with van der Waals surface area (Å²) in [6.45, 7) is 3.86. The maximum absolute atomic E-state index is 3.86. The lowest BCUT2D eigenvalue weighted by Gasteiger charge is -1.99. The van der Waals surface area contributed by atoms with Gasteiger partial charge in [0.15, 0.2) is 0 Å². The van der Waals surface area contributed by atoms with E-state index in [0.717, 1.165) is 5.92 Å². The van der Waals surface area contributed by atoms with E-state index < -0.39 is 0 Å². The molecule has 0 aromatic carbocycles. The van der Waals surface area contributed by atoms with Gasteiger partial charge in [0.1, 0.15) is 0 Å². The molecule has 0 aromatic heterocycles. The normalized spacial score (nSPS) is 50.8. The molecule has 2 saturated carbocycles. The van der Waals surface area contributed by atoms with Crippen LogP contribution >= 0.6 is 0 Å². The summed E-state index contributed by atoms with van der Waals surface area (Å²) in [5.74, 6) is 1.06. The Hall–Kier alpha value is -0.260. The van der Waals surface area contributed by atoms with E-state index in [0.29, 0.717) is 5.41 Å². The van der Waals surface area contributed by atoms with Gasteiger partial charge in [-0.15, -0.1) is 6.58 Å². The fraction of sp³-hybridized carbons (Fsp3) is 0.750. The highest BCUT2D eigenvalue weighted by molar-refractivity contribution is 5.15. The van der Waals surface area contributed by atoms with Gasteiger partial charge in [-0.1, -0.05) is 12.5 Å². The van der Waals surface area contributed by atoms with Gasteiger partial charge in [-0.25, -0.2) is 0 Å². The molecule has 0 heteroatoms. The van der Waals surface area contributed by atoms with Crippen LogP contribution in [0.2, 0.25) is 0 Å². The van der Waals surface area contributed by atoms with Gasteiger partial charge < -0.3 is 0 Å². The molecule has 44 valence electrons. The quantitative estimate of drug-likeness (QED) is 0.452.